The molecule has 1 aromatic heterocycles. The molecule has 2 nitrogen and oxygen atoms in total. The largest absolute Gasteiger partial charge is 0.249 e. The smallest absolute Gasteiger partial charge is 0.0525 e. The summed E-state index contributed by atoms with van der Waals surface area (Å²) < 4.78 is 1.73. The van der Waals surface area contributed by atoms with Gasteiger partial charge in [-0.1, -0.05) is 22.5 Å². The molecule has 1 heterocycles. The van der Waals surface area contributed by atoms with E-state index in [1.54, 1.807) is 10.9 Å². The highest BCUT2D eigenvalue weighted by Crippen LogP contribution is 2.02. The molecule has 60 valence electrons. The first-order valence-electron chi connectivity index (χ1n) is 3.58. The quantitative estimate of drug-likeness (QED) is 0.704. The van der Waals surface area contributed by atoms with Crippen LogP contribution in [0.25, 0.3) is 6.20 Å². The van der Waals surface area contributed by atoms with Gasteiger partial charge in [-0.3, -0.25) is 0 Å². The van der Waals surface area contributed by atoms with Crippen molar-refractivity contribution in [2.75, 3.05) is 5.33 Å². The van der Waals surface area contributed by atoms with Gasteiger partial charge in [0.05, 0.1) is 6.20 Å². The van der Waals surface area contributed by atoms with E-state index in [0.29, 0.717) is 0 Å². The molecule has 1 rings (SSSR count). The molecule has 0 saturated heterocycles. The molecular weight excluding hydrogens is 204 g/mol. The van der Waals surface area contributed by atoms with Crippen LogP contribution in [0.2, 0.25) is 0 Å². The van der Waals surface area contributed by atoms with Crippen LogP contribution in [-0.4, -0.2) is 15.1 Å². The first kappa shape index (κ1) is 8.53. The molecule has 1 aromatic rings. The summed E-state index contributed by atoms with van der Waals surface area (Å²) in [7, 11) is 0. The van der Waals surface area contributed by atoms with Crippen molar-refractivity contribution in [2.45, 2.75) is 12.8 Å². The third-order valence-corrected chi connectivity index (χ3v) is 2.00. The van der Waals surface area contributed by atoms with Gasteiger partial charge in [-0.2, -0.15) is 5.10 Å². The number of aryl methyl sites for hydroxylation is 1. The Kier molecular flexibility index (Phi) is 3.36. The van der Waals surface area contributed by atoms with Crippen molar-refractivity contribution in [3.8, 4) is 0 Å². The molecular formula is C8H11BrN2. The molecule has 0 aliphatic rings. The Hall–Kier alpha value is -0.570. The van der Waals surface area contributed by atoms with Crippen molar-refractivity contribution in [3.63, 3.8) is 0 Å². The van der Waals surface area contributed by atoms with Gasteiger partial charge in [0.15, 0.2) is 0 Å². The minimum atomic E-state index is 1.05. The molecule has 0 N–H and O–H groups in total. The summed E-state index contributed by atoms with van der Waals surface area (Å²) in [6.45, 7) is 3.62. The van der Waals surface area contributed by atoms with Gasteiger partial charge in [0.25, 0.3) is 0 Å². The molecule has 0 aromatic carbocycles. The maximum Gasteiger partial charge on any atom is 0.0525 e. The molecule has 0 spiro atoms. The van der Waals surface area contributed by atoms with Crippen LogP contribution in [0.3, 0.4) is 0 Å². The summed E-state index contributed by atoms with van der Waals surface area (Å²) in [5.41, 5.74) is 1.27. The van der Waals surface area contributed by atoms with Gasteiger partial charge in [-0.05, 0) is 18.4 Å². The lowest BCUT2D eigenvalue weighted by atomic mass is 10.2. The number of rotatable bonds is 4. The predicted molar refractivity (Wildman–Crippen MR) is 50.7 cm³/mol. The van der Waals surface area contributed by atoms with E-state index in [-0.39, 0.29) is 0 Å². The van der Waals surface area contributed by atoms with Gasteiger partial charge < -0.3 is 0 Å². The van der Waals surface area contributed by atoms with Crippen LogP contribution in [0.15, 0.2) is 19.0 Å². The van der Waals surface area contributed by atoms with Crippen LogP contribution in [0, 0.1) is 0 Å². The predicted octanol–water partition coefficient (Wildman–Crippen LogP) is 2.31. The summed E-state index contributed by atoms with van der Waals surface area (Å²) >= 11 is 3.38. The van der Waals surface area contributed by atoms with Crippen LogP contribution < -0.4 is 0 Å². The number of aromatic nitrogens is 2. The van der Waals surface area contributed by atoms with E-state index in [1.807, 2.05) is 12.4 Å². The van der Waals surface area contributed by atoms with E-state index in [2.05, 4.69) is 27.6 Å². The van der Waals surface area contributed by atoms with Gasteiger partial charge in [0, 0.05) is 17.7 Å². The van der Waals surface area contributed by atoms with Crippen molar-refractivity contribution in [1.29, 1.82) is 0 Å². The fourth-order valence-corrected chi connectivity index (χ4v) is 1.16. The second-order valence-electron chi connectivity index (χ2n) is 2.30. The second kappa shape index (κ2) is 4.34. The molecule has 0 aliphatic heterocycles. The summed E-state index contributed by atoms with van der Waals surface area (Å²) in [5.74, 6) is 0. The van der Waals surface area contributed by atoms with Crippen LogP contribution in [0.1, 0.15) is 12.0 Å². The molecule has 0 fully saturated rings. The van der Waals surface area contributed by atoms with E-state index in [4.69, 9.17) is 0 Å². The van der Waals surface area contributed by atoms with E-state index < -0.39 is 0 Å². The van der Waals surface area contributed by atoms with E-state index in [0.717, 1.165) is 18.2 Å². The monoisotopic (exact) mass is 214 g/mol. The second-order valence-corrected chi connectivity index (χ2v) is 3.10. The fourth-order valence-electron chi connectivity index (χ4n) is 0.877. The fraction of sp³-hybridized carbons (Fsp3) is 0.375. The van der Waals surface area contributed by atoms with Crippen LogP contribution in [-0.2, 0) is 6.42 Å². The van der Waals surface area contributed by atoms with Crippen molar-refractivity contribution >= 4 is 22.1 Å². The van der Waals surface area contributed by atoms with Gasteiger partial charge >= 0.3 is 0 Å². The van der Waals surface area contributed by atoms with Gasteiger partial charge in [0.2, 0.25) is 0 Å². The summed E-state index contributed by atoms with van der Waals surface area (Å²) in [6, 6.07) is 0. The third kappa shape index (κ3) is 2.50. The van der Waals surface area contributed by atoms with E-state index in [9.17, 15) is 0 Å². The van der Waals surface area contributed by atoms with Gasteiger partial charge in [-0.25, -0.2) is 4.68 Å². The molecule has 0 amide bonds. The molecule has 3 heteroatoms. The maximum atomic E-state index is 4.07. The first-order valence-corrected chi connectivity index (χ1v) is 4.70. The zero-order chi connectivity index (χ0) is 8.10. The average molecular weight is 215 g/mol. The zero-order valence-electron chi connectivity index (χ0n) is 6.33. The highest BCUT2D eigenvalue weighted by molar-refractivity contribution is 9.09. The Morgan fingerprint density at radius 3 is 3.09 bits per heavy atom. The van der Waals surface area contributed by atoms with Gasteiger partial charge in [0.1, 0.15) is 0 Å². The molecule has 0 aliphatic carbocycles. The van der Waals surface area contributed by atoms with Crippen LogP contribution in [0.5, 0.6) is 0 Å². The molecule has 0 atom stereocenters. The lowest BCUT2D eigenvalue weighted by molar-refractivity contribution is 0.928. The number of halogens is 1. The summed E-state index contributed by atoms with van der Waals surface area (Å²) in [4.78, 5) is 0. The normalized spacial score (nSPS) is 9.91. The SMILES string of the molecule is C=Cn1cc(CCCBr)cn1. The van der Waals surface area contributed by atoms with Crippen LogP contribution >= 0.6 is 15.9 Å². The van der Waals surface area contributed by atoms with Crippen molar-refractivity contribution in [1.82, 2.24) is 9.78 Å². The minimum absolute atomic E-state index is 1.05. The Balaban J connectivity index is 2.51. The molecule has 0 saturated carbocycles. The maximum absolute atomic E-state index is 4.07. The Morgan fingerprint density at radius 1 is 1.73 bits per heavy atom. The summed E-state index contributed by atoms with van der Waals surface area (Å²) in [6.07, 6.45) is 7.81. The number of alkyl halides is 1. The van der Waals surface area contributed by atoms with E-state index in [1.165, 1.54) is 5.56 Å². The van der Waals surface area contributed by atoms with E-state index >= 15 is 0 Å². The Morgan fingerprint density at radius 2 is 2.55 bits per heavy atom. The van der Waals surface area contributed by atoms with Crippen molar-refractivity contribution in [3.05, 3.63) is 24.5 Å². The standard InChI is InChI=1S/C8H11BrN2/c1-2-11-7-8(6-10-11)4-3-5-9/h2,6-7H,1,3-5H2. The topological polar surface area (TPSA) is 17.8 Å². The van der Waals surface area contributed by atoms with Gasteiger partial charge in [-0.15, -0.1) is 0 Å². The third-order valence-electron chi connectivity index (χ3n) is 1.44. The minimum Gasteiger partial charge on any atom is -0.249 e. The highest BCUT2D eigenvalue weighted by atomic mass is 79.9. The van der Waals surface area contributed by atoms with Crippen LogP contribution in [0.4, 0.5) is 0 Å². The lowest BCUT2D eigenvalue weighted by Gasteiger charge is -1.90. The molecule has 0 bridgehead atoms. The Labute approximate surface area is 75.0 Å². The Bertz CT molecular complexity index is 230. The molecule has 11 heavy (non-hydrogen) atoms. The molecule has 0 radical (unpaired) electrons. The lowest BCUT2D eigenvalue weighted by Crippen LogP contribution is -1.84. The average Bonchev–Trinajstić information content (AvgIpc) is 2.48. The summed E-state index contributed by atoms with van der Waals surface area (Å²) in [5, 5.41) is 5.12. The molecule has 0 unspecified atom stereocenters. The van der Waals surface area contributed by atoms with Crippen molar-refractivity contribution in [2.24, 2.45) is 0 Å². The number of nitrogens with zero attached hydrogens (tertiary/aromatic N) is 2. The van der Waals surface area contributed by atoms with Crippen molar-refractivity contribution < 1.29 is 0 Å². The highest BCUT2D eigenvalue weighted by Gasteiger charge is 1.94. The first-order chi connectivity index (χ1) is 5.36. The number of hydrogen-bond acceptors (Lipinski definition) is 1. The number of hydrogen-bond donors (Lipinski definition) is 0. The zero-order valence-corrected chi connectivity index (χ0v) is 7.92.